The summed E-state index contributed by atoms with van der Waals surface area (Å²) in [5.74, 6) is -0.811. The number of amides is 2. The van der Waals surface area contributed by atoms with Crippen LogP contribution in [-0.2, 0) is 22.7 Å². The van der Waals surface area contributed by atoms with E-state index in [2.05, 4.69) is 16.0 Å². The van der Waals surface area contributed by atoms with Gasteiger partial charge in [0.05, 0.1) is 17.2 Å². The average molecular weight is 394 g/mol. The number of para-hydroxylation sites is 2. The van der Waals surface area contributed by atoms with Crippen LogP contribution in [0.2, 0.25) is 0 Å². The van der Waals surface area contributed by atoms with Crippen LogP contribution >= 0.6 is 0 Å². The molecule has 0 saturated carbocycles. The van der Waals surface area contributed by atoms with E-state index in [1.807, 2.05) is 61.7 Å². The molecule has 1 aliphatic heterocycles. The lowest BCUT2D eigenvalue weighted by Crippen LogP contribution is -2.22. The number of rotatable bonds is 4. The summed E-state index contributed by atoms with van der Waals surface area (Å²) >= 11 is 0. The fraction of sp³-hybridized carbons (Fsp3) is 0.125. The quantitative estimate of drug-likeness (QED) is 0.536. The second kappa shape index (κ2) is 6.75. The lowest BCUT2D eigenvalue weighted by molar-refractivity contribution is -0.122. The molecule has 146 valence electrons. The fourth-order valence-corrected chi connectivity index (χ4v) is 4.33. The second-order valence-corrected chi connectivity index (χ2v) is 7.23. The molecule has 0 radical (unpaired) electrons. The van der Waals surface area contributed by atoms with Crippen LogP contribution in [0.25, 0.3) is 33.0 Å². The van der Waals surface area contributed by atoms with Gasteiger partial charge in [-0.25, -0.2) is 0 Å². The Morgan fingerprint density at radius 3 is 1.87 bits per heavy atom. The smallest absolute Gasteiger partial charge is 0.259 e. The molecule has 0 saturated heterocycles. The molecule has 0 fully saturated rings. The van der Waals surface area contributed by atoms with Gasteiger partial charge in [0.1, 0.15) is 6.54 Å². The first-order chi connectivity index (χ1) is 14.6. The molecule has 2 aromatic heterocycles. The van der Waals surface area contributed by atoms with Crippen molar-refractivity contribution >= 4 is 44.8 Å². The average Bonchev–Trinajstić information content (AvgIpc) is 3.39. The van der Waals surface area contributed by atoms with Gasteiger partial charge in [-0.15, -0.1) is 0 Å². The number of aryl methyl sites for hydroxylation is 1. The van der Waals surface area contributed by atoms with Gasteiger partial charge >= 0.3 is 0 Å². The van der Waals surface area contributed by atoms with E-state index in [4.69, 9.17) is 0 Å². The number of hydrogen-bond acceptors (Lipinski definition) is 3. The van der Waals surface area contributed by atoms with Crippen LogP contribution in [-0.4, -0.2) is 20.9 Å². The van der Waals surface area contributed by atoms with Crippen LogP contribution in [0.5, 0.6) is 0 Å². The molecule has 0 bridgehead atoms. The summed E-state index contributed by atoms with van der Waals surface area (Å²) in [6.45, 7) is 2.95. The predicted octanol–water partition coefficient (Wildman–Crippen LogP) is 3.71. The molecule has 0 unspecified atom stereocenters. The Hall–Kier alpha value is -4.11. The molecule has 3 heterocycles. The Morgan fingerprint density at radius 2 is 1.33 bits per heavy atom. The van der Waals surface area contributed by atoms with Gasteiger partial charge in [0, 0.05) is 51.9 Å². The molecule has 1 aliphatic rings. The van der Waals surface area contributed by atoms with Gasteiger partial charge < -0.3 is 9.13 Å². The Balaban J connectivity index is 1.85. The van der Waals surface area contributed by atoms with E-state index in [0.717, 1.165) is 33.9 Å². The minimum absolute atomic E-state index is 0.161. The number of carbonyl (C=O) groups is 2. The lowest BCUT2D eigenvalue weighted by Gasteiger charge is -2.03. The van der Waals surface area contributed by atoms with E-state index in [0.29, 0.717) is 16.7 Å². The maximum atomic E-state index is 12.9. The van der Waals surface area contributed by atoms with Crippen molar-refractivity contribution in [2.24, 2.45) is 0 Å². The molecule has 5 rings (SSSR count). The molecule has 4 aromatic rings. The Bertz CT molecular complexity index is 1430. The first-order valence-corrected chi connectivity index (χ1v) is 9.77. The van der Waals surface area contributed by atoms with Gasteiger partial charge in [0.15, 0.2) is 0 Å². The molecule has 30 heavy (non-hydrogen) atoms. The summed E-state index contributed by atoms with van der Waals surface area (Å²) in [4.78, 5) is 25.8. The first-order valence-electron chi connectivity index (χ1n) is 9.77. The zero-order chi connectivity index (χ0) is 20.8. The Morgan fingerprint density at radius 1 is 0.833 bits per heavy atom. The van der Waals surface area contributed by atoms with Crippen LogP contribution in [0.15, 0.2) is 60.9 Å². The van der Waals surface area contributed by atoms with Gasteiger partial charge in [-0.3, -0.25) is 14.9 Å². The maximum absolute atomic E-state index is 12.9. The maximum Gasteiger partial charge on any atom is 0.259 e. The van der Waals surface area contributed by atoms with Crippen molar-refractivity contribution in [1.82, 2.24) is 14.5 Å². The monoisotopic (exact) mass is 394 g/mol. The highest BCUT2D eigenvalue weighted by Gasteiger charge is 2.35. The minimum atomic E-state index is -0.414. The van der Waals surface area contributed by atoms with E-state index in [9.17, 15) is 14.9 Å². The standard InChI is InChI=1S/C24H18N4O2/c1-2-27-13-17(15-7-3-5-9-19(15)27)21-22(24(30)26-23(21)29)18-14-28(12-11-25)20-10-6-4-8-16(18)20/h3-10,13-14H,2,12H2,1H3,(H,26,29,30). The number of imide groups is 1. The fourth-order valence-electron chi connectivity index (χ4n) is 4.33. The molecule has 0 aliphatic carbocycles. The SMILES string of the molecule is CCn1cc(C2=C(c3cn(CC#N)c4ccccc34)C(=O)NC2=O)c2ccccc21. The molecular formula is C24H18N4O2. The summed E-state index contributed by atoms with van der Waals surface area (Å²) in [7, 11) is 0. The zero-order valence-corrected chi connectivity index (χ0v) is 16.3. The number of nitrogens with one attached hydrogen (secondary N) is 1. The van der Waals surface area contributed by atoms with Crippen LogP contribution in [0.1, 0.15) is 18.1 Å². The predicted molar refractivity (Wildman–Crippen MR) is 115 cm³/mol. The summed E-state index contributed by atoms with van der Waals surface area (Å²) in [6.07, 6.45) is 3.73. The highest BCUT2D eigenvalue weighted by atomic mass is 16.2. The van der Waals surface area contributed by atoms with Crippen molar-refractivity contribution in [2.45, 2.75) is 20.0 Å². The van der Waals surface area contributed by atoms with Gasteiger partial charge in [-0.1, -0.05) is 36.4 Å². The van der Waals surface area contributed by atoms with Crippen LogP contribution in [0, 0.1) is 11.3 Å². The third-order valence-electron chi connectivity index (χ3n) is 5.63. The van der Waals surface area contributed by atoms with E-state index < -0.39 is 11.8 Å². The van der Waals surface area contributed by atoms with Crippen molar-refractivity contribution in [3.63, 3.8) is 0 Å². The number of aromatic nitrogens is 2. The normalized spacial score (nSPS) is 14.0. The van der Waals surface area contributed by atoms with E-state index in [1.165, 1.54) is 0 Å². The second-order valence-electron chi connectivity index (χ2n) is 7.23. The summed E-state index contributed by atoms with van der Waals surface area (Å²) in [6, 6.07) is 17.6. The molecule has 0 atom stereocenters. The Labute approximate surface area is 172 Å². The number of carbonyl (C=O) groups excluding carboxylic acids is 2. The summed E-state index contributed by atoms with van der Waals surface area (Å²) in [5.41, 5.74) is 4.00. The third-order valence-corrected chi connectivity index (χ3v) is 5.63. The molecule has 6 nitrogen and oxygen atoms in total. The number of nitriles is 1. The summed E-state index contributed by atoms with van der Waals surface area (Å²) in [5, 5.41) is 13.4. The largest absolute Gasteiger partial charge is 0.347 e. The molecular weight excluding hydrogens is 376 g/mol. The molecule has 2 aromatic carbocycles. The van der Waals surface area contributed by atoms with Crippen molar-refractivity contribution < 1.29 is 9.59 Å². The van der Waals surface area contributed by atoms with E-state index >= 15 is 0 Å². The van der Waals surface area contributed by atoms with Crippen molar-refractivity contribution in [3.8, 4) is 6.07 Å². The lowest BCUT2D eigenvalue weighted by atomic mass is 9.95. The van der Waals surface area contributed by atoms with Gasteiger partial charge in [0.25, 0.3) is 11.8 Å². The van der Waals surface area contributed by atoms with Crippen LogP contribution < -0.4 is 5.32 Å². The van der Waals surface area contributed by atoms with Crippen LogP contribution in [0.4, 0.5) is 0 Å². The van der Waals surface area contributed by atoms with Crippen molar-refractivity contribution in [3.05, 3.63) is 72.1 Å². The number of nitrogens with zero attached hydrogens (tertiary/aromatic N) is 3. The molecule has 0 spiro atoms. The Kier molecular flexibility index (Phi) is 4.04. The number of hydrogen-bond donors (Lipinski definition) is 1. The molecule has 6 heteroatoms. The van der Waals surface area contributed by atoms with Gasteiger partial charge in [-0.2, -0.15) is 5.26 Å². The summed E-state index contributed by atoms with van der Waals surface area (Å²) < 4.78 is 3.88. The highest BCUT2D eigenvalue weighted by molar-refractivity contribution is 6.50. The number of benzene rings is 2. The van der Waals surface area contributed by atoms with E-state index in [-0.39, 0.29) is 6.54 Å². The van der Waals surface area contributed by atoms with Crippen molar-refractivity contribution in [2.75, 3.05) is 0 Å². The van der Waals surface area contributed by atoms with Crippen LogP contribution in [0.3, 0.4) is 0 Å². The van der Waals surface area contributed by atoms with Gasteiger partial charge in [-0.05, 0) is 19.1 Å². The zero-order valence-electron chi connectivity index (χ0n) is 16.3. The van der Waals surface area contributed by atoms with Crippen molar-refractivity contribution in [1.29, 1.82) is 5.26 Å². The first kappa shape index (κ1) is 18.0. The highest BCUT2D eigenvalue weighted by Crippen LogP contribution is 2.38. The topological polar surface area (TPSA) is 79.8 Å². The third kappa shape index (κ3) is 2.49. The van der Waals surface area contributed by atoms with E-state index in [1.54, 1.807) is 10.8 Å². The van der Waals surface area contributed by atoms with Gasteiger partial charge in [0.2, 0.25) is 0 Å². The molecule has 2 amide bonds. The molecule has 1 N–H and O–H groups in total. The minimum Gasteiger partial charge on any atom is -0.347 e. The number of fused-ring (bicyclic) bond motifs is 2.